The molecule has 0 unspecified atom stereocenters. The van der Waals surface area contributed by atoms with E-state index in [4.69, 9.17) is 14.6 Å². The first-order chi connectivity index (χ1) is 11.9. The highest BCUT2D eigenvalue weighted by Gasteiger charge is 2.01. The van der Waals surface area contributed by atoms with E-state index in [1.165, 1.54) is 6.08 Å². The van der Waals surface area contributed by atoms with Gasteiger partial charge in [0.2, 0.25) is 0 Å². The Kier molecular flexibility index (Phi) is 12.8. The minimum Gasteiger partial charge on any atom is -0.497 e. The van der Waals surface area contributed by atoms with Gasteiger partial charge in [-0.05, 0) is 42.5 Å². The summed E-state index contributed by atoms with van der Waals surface area (Å²) in [6.45, 7) is 6.90. The Morgan fingerprint density at radius 2 is 1.84 bits per heavy atom. The molecule has 1 N–H and O–H groups in total. The lowest BCUT2D eigenvalue weighted by molar-refractivity contribution is -0.144. The van der Waals surface area contributed by atoms with Crippen LogP contribution in [0.5, 0.6) is 5.75 Å². The van der Waals surface area contributed by atoms with Crippen LogP contribution in [0.3, 0.4) is 0 Å². The van der Waals surface area contributed by atoms with E-state index < -0.39 is 5.97 Å². The van der Waals surface area contributed by atoms with E-state index in [0.29, 0.717) is 18.9 Å². The van der Waals surface area contributed by atoms with Crippen LogP contribution in [-0.2, 0) is 14.3 Å². The summed E-state index contributed by atoms with van der Waals surface area (Å²) < 4.78 is 9.97. The Bertz CT molecular complexity index is 517. The summed E-state index contributed by atoms with van der Waals surface area (Å²) in [4.78, 5) is 21.1. The summed E-state index contributed by atoms with van der Waals surface area (Å²) in [6.07, 6.45) is 6.18. The van der Waals surface area contributed by atoms with Crippen molar-refractivity contribution in [1.82, 2.24) is 0 Å². The molecule has 0 saturated carbocycles. The van der Waals surface area contributed by atoms with E-state index in [0.717, 1.165) is 36.7 Å². The number of unbranched alkanes of at least 4 members (excludes halogenated alkanes) is 1. The van der Waals surface area contributed by atoms with Crippen LogP contribution in [-0.4, -0.2) is 30.8 Å². The third kappa shape index (κ3) is 13.8. The molecule has 0 aliphatic heterocycles. The average Bonchev–Trinajstić information content (AvgIpc) is 2.58. The zero-order valence-corrected chi connectivity index (χ0v) is 15.7. The summed E-state index contributed by atoms with van der Waals surface area (Å²) in [5, 5.41) is 8.36. The van der Waals surface area contributed by atoms with E-state index in [-0.39, 0.29) is 5.97 Å². The highest BCUT2D eigenvalue weighted by Crippen LogP contribution is 2.12. The van der Waals surface area contributed by atoms with Gasteiger partial charge in [0.05, 0.1) is 13.7 Å². The molecule has 0 aliphatic rings. The minimum absolute atomic E-state index is 0.0440. The van der Waals surface area contributed by atoms with Gasteiger partial charge in [-0.2, -0.15) is 0 Å². The molecule has 0 saturated heterocycles. The molecule has 0 atom stereocenters. The molecular weight excluding hydrogens is 320 g/mol. The number of rotatable bonds is 9. The number of methoxy groups -OCH3 is 1. The van der Waals surface area contributed by atoms with E-state index >= 15 is 0 Å². The van der Waals surface area contributed by atoms with Crippen molar-refractivity contribution in [3.8, 4) is 5.75 Å². The van der Waals surface area contributed by atoms with Crippen LogP contribution in [0, 0.1) is 5.92 Å². The Balaban J connectivity index is 0.000000463. The number of carbonyl (C=O) groups excluding carboxylic acids is 1. The van der Waals surface area contributed by atoms with Crippen LogP contribution in [0.4, 0.5) is 0 Å². The minimum atomic E-state index is -0.948. The van der Waals surface area contributed by atoms with Crippen molar-refractivity contribution in [1.29, 1.82) is 0 Å². The van der Waals surface area contributed by atoms with Crippen LogP contribution in [0.2, 0.25) is 0 Å². The molecule has 1 rings (SSSR count). The SMILES string of the molecule is CCCCC(=O)OCCC(C)C.COc1ccc(C=CC(=O)O)cc1. The fourth-order valence-electron chi connectivity index (χ4n) is 1.68. The van der Waals surface area contributed by atoms with Gasteiger partial charge in [0, 0.05) is 12.5 Å². The van der Waals surface area contributed by atoms with Gasteiger partial charge in [-0.3, -0.25) is 4.79 Å². The number of carbonyl (C=O) groups is 2. The average molecular weight is 350 g/mol. The third-order valence-electron chi connectivity index (χ3n) is 3.23. The standard InChI is InChI=1S/C10H10O3.C10H20O2/c1-13-9-5-2-8(3-6-9)4-7-10(11)12;1-4-5-6-10(11)12-8-7-9(2)3/h2-7H,1H3,(H,11,12);9H,4-8H2,1-3H3. The number of hydrogen-bond donors (Lipinski definition) is 1. The van der Waals surface area contributed by atoms with Crippen molar-refractivity contribution in [2.24, 2.45) is 5.92 Å². The van der Waals surface area contributed by atoms with E-state index in [9.17, 15) is 9.59 Å². The van der Waals surface area contributed by atoms with Crippen LogP contribution in [0.25, 0.3) is 6.08 Å². The van der Waals surface area contributed by atoms with Crippen LogP contribution < -0.4 is 4.74 Å². The number of ether oxygens (including phenoxy) is 2. The van der Waals surface area contributed by atoms with Gasteiger partial charge in [0.15, 0.2) is 0 Å². The number of benzene rings is 1. The molecule has 0 aliphatic carbocycles. The number of carboxylic acid groups (broad SMARTS) is 1. The third-order valence-corrected chi connectivity index (χ3v) is 3.23. The van der Waals surface area contributed by atoms with Gasteiger partial charge in [0.1, 0.15) is 5.75 Å². The fraction of sp³-hybridized carbons (Fsp3) is 0.500. The van der Waals surface area contributed by atoms with Gasteiger partial charge >= 0.3 is 11.9 Å². The molecule has 25 heavy (non-hydrogen) atoms. The summed E-state index contributed by atoms with van der Waals surface area (Å²) in [5.41, 5.74) is 0.836. The highest BCUT2D eigenvalue weighted by molar-refractivity contribution is 5.85. The highest BCUT2D eigenvalue weighted by atomic mass is 16.5. The number of aliphatic carboxylic acids is 1. The second-order valence-corrected chi connectivity index (χ2v) is 5.95. The Labute approximate surface area is 150 Å². The molecule has 1 aromatic rings. The number of esters is 1. The first-order valence-corrected chi connectivity index (χ1v) is 8.59. The fourth-order valence-corrected chi connectivity index (χ4v) is 1.68. The van der Waals surface area contributed by atoms with Crippen molar-refractivity contribution < 1.29 is 24.2 Å². The molecule has 0 fully saturated rings. The summed E-state index contributed by atoms with van der Waals surface area (Å²) in [5.74, 6) is 0.379. The topological polar surface area (TPSA) is 72.8 Å². The zero-order valence-electron chi connectivity index (χ0n) is 15.7. The molecule has 0 bridgehead atoms. The van der Waals surface area contributed by atoms with Crippen molar-refractivity contribution in [3.63, 3.8) is 0 Å². The van der Waals surface area contributed by atoms with Gasteiger partial charge in [-0.25, -0.2) is 4.79 Å². The summed E-state index contributed by atoms with van der Waals surface area (Å²) >= 11 is 0. The van der Waals surface area contributed by atoms with Gasteiger partial charge in [-0.1, -0.05) is 39.3 Å². The quantitative estimate of drug-likeness (QED) is 0.522. The summed E-state index contributed by atoms with van der Waals surface area (Å²) in [6, 6.07) is 7.14. The van der Waals surface area contributed by atoms with E-state index in [2.05, 4.69) is 20.8 Å². The van der Waals surface area contributed by atoms with Crippen molar-refractivity contribution in [2.75, 3.05) is 13.7 Å². The van der Waals surface area contributed by atoms with Crippen LogP contribution in [0.1, 0.15) is 52.0 Å². The molecule has 140 valence electrons. The Morgan fingerprint density at radius 3 is 2.32 bits per heavy atom. The predicted octanol–water partition coefficient (Wildman–Crippen LogP) is 4.56. The normalized spacial score (nSPS) is 10.3. The molecule has 0 amide bonds. The lowest BCUT2D eigenvalue weighted by atomic mass is 10.1. The van der Waals surface area contributed by atoms with Gasteiger partial charge in [-0.15, -0.1) is 0 Å². The molecule has 5 heteroatoms. The van der Waals surface area contributed by atoms with Crippen LogP contribution >= 0.6 is 0 Å². The molecule has 5 nitrogen and oxygen atoms in total. The maximum Gasteiger partial charge on any atom is 0.328 e. The molecule has 1 aromatic carbocycles. The van der Waals surface area contributed by atoms with Crippen molar-refractivity contribution >= 4 is 18.0 Å². The lowest BCUT2D eigenvalue weighted by Crippen LogP contribution is -2.07. The molecule has 0 radical (unpaired) electrons. The van der Waals surface area contributed by atoms with Crippen molar-refractivity contribution in [2.45, 2.75) is 46.5 Å². The maximum atomic E-state index is 11.0. The Hall–Kier alpha value is -2.30. The lowest BCUT2D eigenvalue weighted by Gasteiger charge is -2.05. The smallest absolute Gasteiger partial charge is 0.328 e. The molecule has 0 spiro atoms. The number of carboxylic acids is 1. The van der Waals surface area contributed by atoms with E-state index in [1.807, 2.05) is 0 Å². The molecule has 0 heterocycles. The maximum absolute atomic E-state index is 11.0. The second kappa shape index (κ2) is 14.1. The molecule has 0 aromatic heterocycles. The predicted molar refractivity (Wildman–Crippen MR) is 99.6 cm³/mol. The van der Waals surface area contributed by atoms with Crippen molar-refractivity contribution in [3.05, 3.63) is 35.9 Å². The largest absolute Gasteiger partial charge is 0.497 e. The zero-order chi connectivity index (χ0) is 19.1. The first-order valence-electron chi connectivity index (χ1n) is 8.59. The molecular formula is C20H30O5. The summed E-state index contributed by atoms with van der Waals surface area (Å²) in [7, 11) is 1.59. The second-order valence-electron chi connectivity index (χ2n) is 5.95. The van der Waals surface area contributed by atoms with E-state index in [1.54, 1.807) is 31.4 Å². The first kappa shape index (κ1) is 22.7. The van der Waals surface area contributed by atoms with Gasteiger partial charge in [0.25, 0.3) is 0 Å². The Morgan fingerprint density at radius 1 is 1.20 bits per heavy atom. The number of hydrogen-bond acceptors (Lipinski definition) is 4. The monoisotopic (exact) mass is 350 g/mol. The van der Waals surface area contributed by atoms with Gasteiger partial charge < -0.3 is 14.6 Å². The van der Waals surface area contributed by atoms with Crippen LogP contribution in [0.15, 0.2) is 30.3 Å².